The van der Waals surface area contributed by atoms with Crippen molar-refractivity contribution in [3.05, 3.63) is 51.2 Å². The molecular weight excluding hydrogens is 282 g/mol. The lowest BCUT2D eigenvalue weighted by atomic mass is 10.1. The zero-order valence-electron chi connectivity index (χ0n) is 9.14. The molecule has 0 radical (unpaired) electrons. The first-order valence-corrected chi connectivity index (χ1v) is 6.04. The van der Waals surface area contributed by atoms with E-state index in [4.69, 9.17) is 5.73 Å². The van der Waals surface area contributed by atoms with Crippen LogP contribution in [0.2, 0.25) is 0 Å². The second-order valence-corrected chi connectivity index (χ2v) is 4.49. The molecule has 17 heavy (non-hydrogen) atoms. The Bertz CT molecular complexity index is 563. The van der Waals surface area contributed by atoms with E-state index in [1.54, 1.807) is 6.07 Å². The molecule has 0 saturated heterocycles. The van der Waals surface area contributed by atoms with Crippen molar-refractivity contribution in [3.8, 4) is 11.3 Å². The fourth-order valence-electron chi connectivity index (χ4n) is 1.51. The number of aromatic nitrogens is 2. The highest BCUT2D eigenvalue weighted by Gasteiger charge is 2.02. The van der Waals surface area contributed by atoms with Crippen molar-refractivity contribution in [2.45, 2.75) is 6.54 Å². The van der Waals surface area contributed by atoms with Gasteiger partial charge in [-0.1, -0.05) is 28.1 Å². The normalized spacial score (nSPS) is 10.5. The summed E-state index contributed by atoms with van der Waals surface area (Å²) in [6.07, 6.45) is 0. The van der Waals surface area contributed by atoms with E-state index < -0.39 is 0 Å². The molecule has 0 saturated carbocycles. The Kier molecular flexibility index (Phi) is 3.71. The summed E-state index contributed by atoms with van der Waals surface area (Å²) in [6.45, 7) is 0.833. The standard InChI is InChI=1S/C12H12BrN3O/c13-10-3-1-9(2-4-10)11-5-6-12(17)16(15-11)8-7-14/h1-6H,7-8,14H2. The zero-order valence-corrected chi connectivity index (χ0v) is 10.7. The van der Waals surface area contributed by atoms with Crippen molar-refractivity contribution in [2.75, 3.05) is 6.54 Å². The van der Waals surface area contributed by atoms with Crippen LogP contribution in [0.5, 0.6) is 0 Å². The van der Waals surface area contributed by atoms with E-state index in [1.165, 1.54) is 10.7 Å². The first-order chi connectivity index (χ1) is 8.20. The van der Waals surface area contributed by atoms with Crippen molar-refractivity contribution >= 4 is 15.9 Å². The summed E-state index contributed by atoms with van der Waals surface area (Å²) >= 11 is 3.38. The van der Waals surface area contributed by atoms with Crippen LogP contribution in [0.1, 0.15) is 0 Å². The van der Waals surface area contributed by atoms with Crippen LogP contribution in [0.15, 0.2) is 45.7 Å². The second kappa shape index (κ2) is 5.25. The lowest BCUT2D eigenvalue weighted by molar-refractivity contribution is 0.590. The molecule has 0 atom stereocenters. The maximum atomic E-state index is 11.5. The number of rotatable bonds is 3. The van der Waals surface area contributed by atoms with Crippen molar-refractivity contribution < 1.29 is 0 Å². The predicted molar refractivity (Wildman–Crippen MR) is 70.7 cm³/mol. The quantitative estimate of drug-likeness (QED) is 0.936. The van der Waals surface area contributed by atoms with Crippen LogP contribution in [0.3, 0.4) is 0 Å². The molecule has 0 fully saturated rings. The van der Waals surface area contributed by atoms with Crippen molar-refractivity contribution in [1.29, 1.82) is 0 Å². The average Bonchev–Trinajstić information content (AvgIpc) is 2.33. The van der Waals surface area contributed by atoms with Gasteiger partial charge >= 0.3 is 0 Å². The van der Waals surface area contributed by atoms with Gasteiger partial charge in [-0.05, 0) is 18.2 Å². The Morgan fingerprint density at radius 3 is 2.53 bits per heavy atom. The molecule has 5 heteroatoms. The van der Waals surface area contributed by atoms with Gasteiger partial charge in [-0.3, -0.25) is 4.79 Å². The minimum atomic E-state index is -0.128. The van der Waals surface area contributed by atoms with Gasteiger partial charge in [-0.2, -0.15) is 5.10 Å². The molecule has 0 aliphatic carbocycles. The lowest BCUT2D eigenvalue weighted by Crippen LogP contribution is -2.25. The molecule has 1 aromatic heterocycles. The van der Waals surface area contributed by atoms with Gasteiger partial charge in [0, 0.05) is 22.6 Å². The second-order valence-electron chi connectivity index (χ2n) is 3.58. The third-order valence-electron chi connectivity index (χ3n) is 2.35. The fourth-order valence-corrected chi connectivity index (χ4v) is 1.77. The van der Waals surface area contributed by atoms with Crippen LogP contribution in [-0.4, -0.2) is 16.3 Å². The lowest BCUT2D eigenvalue weighted by Gasteiger charge is -2.05. The van der Waals surface area contributed by atoms with E-state index in [2.05, 4.69) is 21.0 Å². The predicted octanol–water partition coefficient (Wildman–Crippen LogP) is 1.63. The van der Waals surface area contributed by atoms with Gasteiger partial charge in [0.15, 0.2) is 0 Å². The van der Waals surface area contributed by atoms with Crippen molar-refractivity contribution in [1.82, 2.24) is 9.78 Å². The van der Waals surface area contributed by atoms with E-state index in [1.807, 2.05) is 24.3 Å². The molecule has 2 N–H and O–H groups in total. The Morgan fingerprint density at radius 2 is 1.88 bits per heavy atom. The summed E-state index contributed by atoms with van der Waals surface area (Å²) in [6, 6.07) is 11.0. The third-order valence-corrected chi connectivity index (χ3v) is 2.88. The molecule has 1 heterocycles. The third kappa shape index (κ3) is 2.81. The Labute approximate surface area is 107 Å². The molecule has 4 nitrogen and oxygen atoms in total. The van der Waals surface area contributed by atoms with E-state index in [0.29, 0.717) is 13.1 Å². The smallest absolute Gasteiger partial charge is 0.266 e. The van der Waals surface area contributed by atoms with Gasteiger partial charge < -0.3 is 5.73 Å². The monoisotopic (exact) mass is 293 g/mol. The largest absolute Gasteiger partial charge is 0.329 e. The first kappa shape index (κ1) is 12.0. The highest BCUT2D eigenvalue weighted by atomic mass is 79.9. The molecule has 0 bridgehead atoms. The summed E-state index contributed by atoms with van der Waals surface area (Å²) in [5.74, 6) is 0. The van der Waals surface area contributed by atoms with Crippen molar-refractivity contribution in [3.63, 3.8) is 0 Å². The molecule has 0 spiro atoms. The van der Waals surface area contributed by atoms with E-state index >= 15 is 0 Å². The van der Waals surface area contributed by atoms with E-state index in [9.17, 15) is 4.79 Å². The molecule has 0 unspecified atom stereocenters. The van der Waals surface area contributed by atoms with Gasteiger partial charge in [-0.25, -0.2) is 4.68 Å². The number of halogens is 1. The van der Waals surface area contributed by atoms with Crippen LogP contribution >= 0.6 is 15.9 Å². The van der Waals surface area contributed by atoms with Crippen LogP contribution in [0.4, 0.5) is 0 Å². The number of nitrogens with two attached hydrogens (primary N) is 1. The number of hydrogen-bond donors (Lipinski definition) is 1. The molecule has 0 aliphatic heterocycles. The average molecular weight is 294 g/mol. The molecule has 2 rings (SSSR count). The SMILES string of the molecule is NCCn1nc(-c2ccc(Br)cc2)ccc1=O. The summed E-state index contributed by atoms with van der Waals surface area (Å²) in [4.78, 5) is 11.5. The van der Waals surface area contributed by atoms with Gasteiger partial charge in [0.1, 0.15) is 0 Å². The topological polar surface area (TPSA) is 60.9 Å². The number of nitrogens with zero attached hydrogens (tertiary/aromatic N) is 2. The zero-order chi connectivity index (χ0) is 12.3. The fraction of sp³-hybridized carbons (Fsp3) is 0.167. The molecule has 0 aliphatic rings. The van der Waals surface area contributed by atoms with Gasteiger partial charge in [0.05, 0.1) is 12.2 Å². The minimum Gasteiger partial charge on any atom is -0.329 e. The van der Waals surface area contributed by atoms with E-state index in [0.717, 1.165) is 15.7 Å². The number of benzene rings is 1. The van der Waals surface area contributed by atoms with Crippen LogP contribution in [0, 0.1) is 0 Å². The van der Waals surface area contributed by atoms with Crippen LogP contribution in [0.25, 0.3) is 11.3 Å². The Balaban J connectivity index is 2.42. The van der Waals surface area contributed by atoms with Gasteiger partial charge in [0.2, 0.25) is 0 Å². The van der Waals surface area contributed by atoms with Crippen LogP contribution in [-0.2, 0) is 6.54 Å². The summed E-state index contributed by atoms with van der Waals surface area (Å²) in [5, 5.41) is 4.27. The summed E-state index contributed by atoms with van der Waals surface area (Å²) in [7, 11) is 0. The molecular formula is C12H12BrN3O. The van der Waals surface area contributed by atoms with Crippen molar-refractivity contribution in [2.24, 2.45) is 5.73 Å². The first-order valence-electron chi connectivity index (χ1n) is 5.25. The van der Waals surface area contributed by atoms with Gasteiger partial charge in [-0.15, -0.1) is 0 Å². The molecule has 1 aromatic carbocycles. The Hall–Kier alpha value is -1.46. The maximum Gasteiger partial charge on any atom is 0.266 e. The minimum absolute atomic E-state index is 0.128. The molecule has 88 valence electrons. The van der Waals surface area contributed by atoms with E-state index in [-0.39, 0.29) is 5.56 Å². The molecule has 2 aromatic rings. The highest BCUT2D eigenvalue weighted by molar-refractivity contribution is 9.10. The maximum absolute atomic E-state index is 11.5. The van der Waals surface area contributed by atoms with Crippen LogP contribution < -0.4 is 11.3 Å². The number of hydrogen-bond acceptors (Lipinski definition) is 3. The van der Waals surface area contributed by atoms with Gasteiger partial charge in [0.25, 0.3) is 5.56 Å². The highest BCUT2D eigenvalue weighted by Crippen LogP contribution is 2.18. The Morgan fingerprint density at radius 1 is 1.18 bits per heavy atom. The molecule has 0 amide bonds. The summed E-state index contributed by atoms with van der Waals surface area (Å²) in [5.41, 5.74) is 7.04. The summed E-state index contributed by atoms with van der Waals surface area (Å²) < 4.78 is 2.40.